The number of allylic oxidation sites excluding steroid dienone is 1. The van der Waals surface area contributed by atoms with Crippen LogP contribution in [0.4, 0.5) is 18.9 Å². The Morgan fingerprint density at radius 1 is 0.977 bits per heavy atom. The summed E-state index contributed by atoms with van der Waals surface area (Å²) in [5.41, 5.74) is 0.983. The quantitative estimate of drug-likeness (QED) is 0.309. The number of nitrogens with one attached hydrogen (secondary N) is 1. The summed E-state index contributed by atoms with van der Waals surface area (Å²) in [5, 5.41) is 2.83. The summed E-state index contributed by atoms with van der Waals surface area (Å²) < 4.78 is 44.1. The average molecular weight is 594 g/mol. The number of fused-ring (bicyclic) bond motifs is 1. The summed E-state index contributed by atoms with van der Waals surface area (Å²) in [4.78, 5) is 51.4. The summed E-state index contributed by atoms with van der Waals surface area (Å²) in [5.74, 6) is -3.43. The second kappa shape index (κ2) is 13.2. The molecule has 0 atom stereocenters. The van der Waals surface area contributed by atoms with Gasteiger partial charge in [0.05, 0.1) is 16.8 Å². The standard InChI is InChI=1S/C31H30F3N5O4/c32-31(33,34)43-26-18-23(30(42)39-16-14-38(15-17-39)20-21-6-2-1-3-12-35-19-21)10-11-25(26)37-29(41)28(40)24-9-4-7-22-8-5-13-36-27(22)24/h4-11,13,18-19H,1-3,12,14-17,20H2,(H,37,41)/b21-6+,35-19?. The fourth-order valence-electron chi connectivity index (χ4n) is 5.08. The van der Waals surface area contributed by atoms with Gasteiger partial charge in [-0.15, -0.1) is 13.2 Å². The molecule has 1 N–H and O–H groups in total. The zero-order valence-electron chi connectivity index (χ0n) is 23.3. The van der Waals surface area contributed by atoms with E-state index in [-0.39, 0.29) is 16.6 Å². The smallest absolute Gasteiger partial charge is 0.404 e. The lowest BCUT2D eigenvalue weighted by Crippen LogP contribution is -2.49. The van der Waals surface area contributed by atoms with E-state index < -0.39 is 35.4 Å². The number of ketones is 1. The molecule has 2 aromatic carbocycles. The summed E-state index contributed by atoms with van der Waals surface area (Å²) in [6.45, 7) is 3.52. The van der Waals surface area contributed by atoms with E-state index in [9.17, 15) is 27.6 Å². The van der Waals surface area contributed by atoms with Crippen molar-refractivity contribution in [1.82, 2.24) is 14.8 Å². The molecule has 2 aliphatic rings. The molecule has 1 aromatic heterocycles. The van der Waals surface area contributed by atoms with Crippen molar-refractivity contribution in [3.8, 4) is 5.75 Å². The minimum atomic E-state index is -5.11. The van der Waals surface area contributed by atoms with Crippen molar-refractivity contribution in [2.45, 2.75) is 25.6 Å². The Morgan fingerprint density at radius 3 is 2.56 bits per heavy atom. The number of anilines is 1. The number of para-hydroxylation sites is 1. The van der Waals surface area contributed by atoms with Gasteiger partial charge >= 0.3 is 6.36 Å². The Bertz CT molecular complexity index is 1570. The van der Waals surface area contributed by atoms with Gasteiger partial charge in [-0.3, -0.25) is 29.3 Å². The first-order valence-corrected chi connectivity index (χ1v) is 14.0. The van der Waals surface area contributed by atoms with Crippen LogP contribution in [0, 0.1) is 0 Å². The molecular weight excluding hydrogens is 563 g/mol. The summed E-state index contributed by atoms with van der Waals surface area (Å²) in [7, 11) is 0. The fraction of sp³-hybridized carbons (Fsp3) is 0.323. The SMILES string of the molecule is O=C(Nc1ccc(C(=O)N2CCN(C/C3=C/CCCCN=C3)CC2)cc1OC(F)(F)F)C(=O)c1cccc2cccnc12. The van der Waals surface area contributed by atoms with Crippen LogP contribution in [0.5, 0.6) is 5.75 Å². The Kier molecular flexibility index (Phi) is 9.15. The van der Waals surface area contributed by atoms with Gasteiger partial charge in [-0.1, -0.05) is 24.3 Å². The molecule has 1 fully saturated rings. The molecule has 2 aliphatic heterocycles. The van der Waals surface area contributed by atoms with Crippen molar-refractivity contribution in [3.05, 3.63) is 77.5 Å². The number of carbonyl (C=O) groups excluding carboxylic acids is 3. The number of Topliss-reactive ketones (excluding diaryl/α,β-unsaturated/α-hetero) is 1. The Morgan fingerprint density at radius 2 is 1.77 bits per heavy atom. The van der Waals surface area contributed by atoms with E-state index in [1.54, 1.807) is 29.2 Å². The van der Waals surface area contributed by atoms with Crippen LogP contribution in [0.15, 0.2) is 71.4 Å². The van der Waals surface area contributed by atoms with Crippen LogP contribution >= 0.6 is 0 Å². The number of aliphatic imine (C=N–C) groups is 1. The van der Waals surface area contributed by atoms with Gasteiger partial charge in [0.25, 0.3) is 17.6 Å². The second-order valence-corrected chi connectivity index (χ2v) is 10.3. The Labute approximate surface area is 246 Å². The van der Waals surface area contributed by atoms with Crippen molar-refractivity contribution < 1.29 is 32.3 Å². The molecule has 0 unspecified atom stereocenters. The first-order chi connectivity index (χ1) is 20.7. The number of ether oxygens (including phenoxy) is 1. The van der Waals surface area contributed by atoms with Crippen LogP contribution in [-0.4, -0.2) is 84.2 Å². The van der Waals surface area contributed by atoms with Crippen LogP contribution in [0.25, 0.3) is 10.9 Å². The third kappa shape index (κ3) is 7.63. The lowest BCUT2D eigenvalue weighted by atomic mass is 10.1. The summed E-state index contributed by atoms with van der Waals surface area (Å²) in [6, 6.07) is 11.4. The molecule has 0 saturated carbocycles. The maximum atomic E-state index is 13.3. The van der Waals surface area contributed by atoms with E-state index in [0.717, 1.165) is 50.1 Å². The van der Waals surface area contributed by atoms with Crippen LogP contribution in [0.3, 0.4) is 0 Å². The zero-order chi connectivity index (χ0) is 30.4. The number of alkyl halides is 3. The molecule has 2 amide bonds. The summed E-state index contributed by atoms with van der Waals surface area (Å²) >= 11 is 0. The highest BCUT2D eigenvalue weighted by Crippen LogP contribution is 2.32. The lowest BCUT2D eigenvalue weighted by Gasteiger charge is -2.35. The largest absolute Gasteiger partial charge is 0.573 e. The number of hydrogen-bond donors (Lipinski definition) is 1. The molecule has 43 heavy (non-hydrogen) atoms. The third-order valence-corrected chi connectivity index (χ3v) is 7.26. The molecule has 1 saturated heterocycles. The number of pyridine rings is 1. The van der Waals surface area contributed by atoms with E-state index in [1.165, 1.54) is 18.3 Å². The van der Waals surface area contributed by atoms with Crippen LogP contribution in [0.1, 0.15) is 40.0 Å². The highest BCUT2D eigenvalue weighted by molar-refractivity contribution is 6.48. The van der Waals surface area contributed by atoms with E-state index >= 15 is 0 Å². The molecule has 0 aliphatic carbocycles. The van der Waals surface area contributed by atoms with E-state index in [2.05, 4.69) is 31.0 Å². The van der Waals surface area contributed by atoms with E-state index in [1.807, 2.05) is 6.21 Å². The van der Waals surface area contributed by atoms with Gasteiger partial charge in [-0.25, -0.2) is 0 Å². The fourth-order valence-corrected chi connectivity index (χ4v) is 5.08. The van der Waals surface area contributed by atoms with Crippen LogP contribution in [0.2, 0.25) is 0 Å². The number of nitrogens with zero attached hydrogens (tertiary/aromatic N) is 4. The van der Waals surface area contributed by atoms with Crippen molar-refractivity contribution >= 4 is 40.4 Å². The number of amides is 2. The monoisotopic (exact) mass is 593 g/mol. The second-order valence-electron chi connectivity index (χ2n) is 10.3. The normalized spacial score (nSPS) is 17.5. The molecular formula is C31H30F3N5O4. The van der Waals surface area contributed by atoms with Gasteiger partial charge in [0.1, 0.15) is 0 Å². The number of aromatic nitrogens is 1. The van der Waals surface area contributed by atoms with Gasteiger partial charge in [-0.2, -0.15) is 0 Å². The van der Waals surface area contributed by atoms with E-state index in [4.69, 9.17) is 0 Å². The number of carbonyl (C=O) groups is 3. The Hall–Kier alpha value is -4.58. The highest BCUT2D eigenvalue weighted by atomic mass is 19.4. The number of piperazine rings is 1. The summed E-state index contributed by atoms with van der Waals surface area (Å²) in [6.07, 6.45) is 3.64. The molecule has 3 aromatic rings. The van der Waals surface area contributed by atoms with Crippen molar-refractivity contribution in [1.29, 1.82) is 0 Å². The van der Waals surface area contributed by atoms with Gasteiger partial charge < -0.3 is 15.0 Å². The first-order valence-electron chi connectivity index (χ1n) is 14.0. The number of halogens is 3. The molecule has 5 rings (SSSR count). The van der Waals surface area contributed by atoms with Gasteiger partial charge in [0, 0.05) is 62.6 Å². The topological polar surface area (TPSA) is 104 Å². The van der Waals surface area contributed by atoms with Crippen LogP contribution in [-0.2, 0) is 4.79 Å². The maximum absolute atomic E-state index is 13.3. The number of hydrogen-bond acceptors (Lipinski definition) is 7. The predicted molar refractivity (Wildman–Crippen MR) is 155 cm³/mol. The molecule has 0 radical (unpaired) electrons. The van der Waals surface area contributed by atoms with Gasteiger partial charge in [0.2, 0.25) is 0 Å². The number of benzene rings is 2. The molecule has 0 spiro atoms. The molecule has 0 bridgehead atoms. The number of rotatable bonds is 7. The van der Waals surface area contributed by atoms with Crippen LogP contribution < -0.4 is 10.1 Å². The van der Waals surface area contributed by atoms with Gasteiger partial charge in [0.15, 0.2) is 5.75 Å². The minimum Gasteiger partial charge on any atom is -0.404 e. The third-order valence-electron chi connectivity index (χ3n) is 7.26. The van der Waals surface area contributed by atoms with Crippen molar-refractivity contribution in [2.75, 3.05) is 44.6 Å². The highest BCUT2D eigenvalue weighted by Gasteiger charge is 2.34. The molecule has 3 heterocycles. The molecule has 12 heteroatoms. The zero-order valence-corrected chi connectivity index (χ0v) is 23.3. The molecule has 224 valence electrons. The predicted octanol–water partition coefficient (Wildman–Crippen LogP) is 4.89. The molecule has 9 nitrogen and oxygen atoms in total. The maximum Gasteiger partial charge on any atom is 0.573 e. The lowest BCUT2D eigenvalue weighted by molar-refractivity contribution is -0.274. The van der Waals surface area contributed by atoms with Crippen molar-refractivity contribution in [2.24, 2.45) is 4.99 Å². The van der Waals surface area contributed by atoms with E-state index in [0.29, 0.717) is 31.6 Å². The minimum absolute atomic E-state index is 0.00190. The first kappa shape index (κ1) is 29.9. The average Bonchev–Trinajstić information content (AvgIpc) is 2.98. The Balaban J connectivity index is 1.28. The van der Waals surface area contributed by atoms with Gasteiger partial charge in [-0.05, 0) is 55.2 Å². The van der Waals surface area contributed by atoms with Crippen molar-refractivity contribution in [3.63, 3.8) is 0 Å².